The van der Waals surface area contributed by atoms with E-state index in [2.05, 4.69) is 14.8 Å². The number of nitrogens with zero attached hydrogens (tertiary/aromatic N) is 3. The SMILES string of the molecule is CCC1(CC)C(=O)Nc2ccc(/C=N/N(CC(C)C)C3=NS(=O)(=O)c4cc(OC)ccc43)cc21. The van der Waals surface area contributed by atoms with Gasteiger partial charge in [0.15, 0.2) is 5.84 Å². The quantitative estimate of drug-likeness (QED) is 0.472. The lowest BCUT2D eigenvalue weighted by molar-refractivity contribution is -0.121. The largest absolute Gasteiger partial charge is 0.497 e. The summed E-state index contributed by atoms with van der Waals surface area (Å²) in [6, 6.07) is 10.7. The number of methoxy groups -OCH3 is 1. The van der Waals surface area contributed by atoms with Gasteiger partial charge in [-0.25, -0.2) is 5.01 Å². The van der Waals surface area contributed by atoms with Gasteiger partial charge in [-0.15, -0.1) is 4.40 Å². The predicted octanol–water partition coefficient (Wildman–Crippen LogP) is 4.15. The molecule has 0 unspecified atom stereocenters. The molecule has 180 valence electrons. The second-order valence-corrected chi connectivity index (χ2v) is 10.6. The summed E-state index contributed by atoms with van der Waals surface area (Å²) in [5.74, 6) is 0.978. The molecule has 0 spiro atoms. The van der Waals surface area contributed by atoms with Crippen LogP contribution < -0.4 is 10.1 Å². The van der Waals surface area contributed by atoms with Crippen molar-refractivity contribution in [2.24, 2.45) is 15.4 Å². The molecule has 8 nitrogen and oxygen atoms in total. The number of carbonyl (C=O) groups is 1. The topological polar surface area (TPSA) is 100 Å². The fourth-order valence-corrected chi connectivity index (χ4v) is 5.78. The molecular weight excluding hydrogens is 452 g/mol. The first-order valence-corrected chi connectivity index (χ1v) is 12.9. The van der Waals surface area contributed by atoms with Gasteiger partial charge < -0.3 is 10.1 Å². The second kappa shape index (κ2) is 8.87. The Labute approximate surface area is 200 Å². The van der Waals surface area contributed by atoms with Crippen LogP contribution in [0.25, 0.3) is 0 Å². The maximum Gasteiger partial charge on any atom is 0.285 e. The molecule has 0 aliphatic carbocycles. The van der Waals surface area contributed by atoms with E-state index in [4.69, 9.17) is 4.74 Å². The van der Waals surface area contributed by atoms with Gasteiger partial charge in [0.1, 0.15) is 10.6 Å². The first-order chi connectivity index (χ1) is 16.1. The van der Waals surface area contributed by atoms with Gasteiger partial charge in [-0.3, -0.25) is 4.79 Å². The summed E-state index contributed by atoms with van der Waals surface area (Å²) in [5, 5.41) is 9.27. The third-order valence-electron chi connectivity index (χ3n) is 6.49. The summed E-state index contributed by atoms with van der Waals surface area (Å²) in [6.07, 6.45) is 3.10. The average Bonchev–Trinajstić information content (AvgIpc) is 3.25. The maximum atomic E-state index is 12.7. The molecule has 4 rings (SSSR count). The summed E-state index contributed by atoms with van der Waals surface area (Å²) < 4.78 is 34.7. The van der Waals surface area contributed by atoms with Crippen molar-refractivity contribution in [3.8, 4) is 5.75 Å². The Kier molecular flexibility index (Phi) is 6.24. The molecular formula is C25H30N4O4S. The van der Waals surface area contributed by atoms with Gasteiger partial charge in [-0.2, -0.15) is 13.5 Å². The lowest BCUT2D eigenvalue weighted by Crippen LogP contribution is -2.33. The van der Waals surface area contributed by atoms with Crippen LogP contribution >= 0.6 is 0 Å². The third-order valence-corrected chi connectivity index (χ3v) is 7.80. The summed E-state index contributed by atoms with van der Waals surface area (Å²) in [4.78, 5) is 12.8. The molecule has 0 fully saturated rings. The zero-order valence-electron chi connectivity index (χ0n) is 20.1. The van der Waals surface area contributed by atoms with Gasteiger partial charge in [0, 0.05) is 23.9 Å². The van der Waals surface area contributed by atoms with E-state index in [1.54, 1.807) is 23.4 Å². The monoisotopic (exact) mass is 482 g/mol. The first kappa shape index (κ1) is 23.9. The van der Waals surface area contributed by atoms with Crippen LogP contribution in [-0.4, -0.2) is 45.0 Å². The molecule has 0 saturated carbocycles. The van der Waals surface area contributed by atoms with Crippen LogP contribution in [0.1, 0.15) is 57.2 Å². The highest BCUT2D eigenvalue weighted by atomic mass is 32.2. The Morgan fingerprint density at radius 3 is 2.56 bits per heavy atom. The van der Waals surface area contributed by atoms with Crippen molar-refractivity contribution in [1.82, 2.24) is 5.01 Å². The summed E-state index contributed by atoms with van der Waals surface area (Å²) in [7, 11) is -2.35. The molecule has 0 bridgehead atoms. The van der Waals surface area contributed by atoms with E-state index in [0.29, 0.717) is 30.7 Å². The molecule has 0 aromatic heterocycles. The van der Waals surface area contributed by atoms with Gasteiger partial charge in [-0.05, 0) is 54.2 Å². The van der Waals surface area contributed by atoms with Crippen LogP contribution in [0, 0.1) is 5.92 Å². The molecule has 2 heterocycles. The molecule has 0 saturated heterocycles. The number of ether oxygens (including phenoxy) is 1. The minimum atomic E-state index is -3.84. The number of hydrazone groups is 1. The van der Waals surface area contributed by atoms with Crippen LogP contribution in [0.5, 0.6) is 5.75 Å². The van der Waals surface area contributed by atoms with Crippen LogP contribution in [0.4, 0.5) is 5.69 Å². The molecule has 9 heteroatoms. The van der Waals surface area contributed by atoms with Crippen LogP contribution in [-0.2, 0) is 20.2 Å². The van der Waals surface area contributed by atoms with Crippen LogP contribution in [0.15, 0.2) is 50.8 Å². The smallest absolute Gasteiger partial charge is 0.285 e. The number of fused-ring (bicyclic) bond motifs is 2. The van der Waals surface area contributed by atoms with E-state index in [1.807, 2.05) is 45.9 Å². The Balaban J connectivity index is 1.72. The fraction of sp³-hybridized carbons (Fsp3) is 0.400. The highest BCUT2D eigenvalue weighted by Gasteiger charge is 2.43. The van der Waals surface area contributed by atoms with Crippen molar-refractivity contribution >= 4 is 33.7 Å². The predicted molar refractivity (Wildman–Crippen MR) is 133 cm³/mol. The maximum absolute atomic E-state index is 12.7. The standard InChI is InChI=1S/C25H30N4O4S/c1-6-25(7-2)20-12-17(8-11-21(20)27-24(25)30)14-26-29(15-16(3)4)23-19-10-9-18(33-5)13-22(19)34(31,32)28-23/h8-14,16H,6-7,15H2,1-5H3,(H,27,30)/b26-14+. The van der Waals surface area contributed by atoms with E-state index in [9.17, 15) is 13.2 Å². The van der Waals surface area contributed by atoms with Crippen LogP contribution in [0.3, 0.4) is 0 Å². The highest BCUT2D eigenvalue weighted by molar-refractivity contribution is 7.90. The van der Waals surface area contributed by atoms with Crippen molar-refractivity contribution in [3.63, 3.8) is 0 Å². The minimum absolute atomic E-state index is 0.0283. The molecule has 0 radical (unpaired) electrons. The lowest BCUT2D eigenvalue weighted by Gasteiger charge is -2.24. The van der Waals surface area contributed by atoms with Gasteiger partial charge >= 0.3 is 0 Å². The van der Waals surface area contributed by atoms with E-state index < -0.39 is 15.4 Å². The molecule has 1 amide bonds. The van der Waals surface area contributed by atoms with Gasteiger partial charge in [0.2, 0.25) is 5.91 Å². The van der Waals surface area contributed by atoms with Crippen LogP contribution in [0.2, 0.25) is 0 Å². The van der Waals surface area contributed by atoms with Crippen molar-refractivity contribution in [2.75, 3.05) is 19.0 Å². The van der Waals surface area contributed by atoms with Gasteiger partial charge in [-0.1, -0.05) is 33.8 Å². The molecule has 2 aliphatic heterocycles. The van der Waals surface area contributed by atoms with Crippen molar-refractivity contribution in [3.05, 3.63) is 53.1 Å². The third kappa shape index (κ3) is 3.98. The lowest BCUT2D eigenvalue weighted by atomic mass is 9.76. The van der Waals surface area contributed by atoms with E-state index in [1.165, 1.54) is 13.2 Å². The Hall–Kier alpha value is -3.20. The second-order valence-electron chi connectivity index (χ2n) is 9.02. The first-order valence-electron chi connectivity index (χ1n) is 11.5. The number of hydrogen-bond donors (Lipinski definition) is 1. The number of hydrogen-bond acceptors (Lipinski definition) is 6. The number of anilines is 1. The number of benzene rings is 2. The Morgan fingerprint density at radius 2 is 1.91 bits per heavy atom. The number of sulfonamides is 1. The number of rotatable bonds is 7. The Bertz CT molecular complexity index is 1290. The van der Waals surface area contributed by atoms with Crippen molar-refractivity contribution in [1.29, 1.82) is 0 Å². The summed E-state index contributed by atoms with van der Waals surface area (Å²) >= 11 is 0. The summed E-state index contributed by atoms with van der Waals surface area (Å²) in [6.45, 7) is 8.59. The molecule has 2 aliphatic rings. The zero-order valence-corrected chi connectivity index (χ0v) is 20.9. The fourth-order valence-electron chi connectivity index (χ4n) is 4.56. The normalized spacial score (nSPS) is 17.5. The van der Waals surface area contributed by atoms with Crippen molar-refractivity contribution in [2.45, 2.75) is 50.8 Å². The molecule has 2 aromatic rings. The number of nitrogens with one attached hydrogen (secondary N) is 1. The summed E-state index contributed by atoms with van der Waals surface area (Å²) in [5.41, 5.74) is 2.59. The molecule has 2 aromatic carbocycles. The molecule has 0 atom stereocenters. The molecule has 1 N–H and O–H groups in total. The minimum Gasteiger partial charge on any atom is -0.497 e. The van der Waals surface area contributed by atoms with Gasteiger partial charge in [0.05, 0.1) is 18.7 Å². The number of amidine groups is 1. The van der Waals surface area contributed by atoms with E-state index >= 15 is 0 Å². The Morgan fingerprint density at radius 1 is 1.18 bits per heavy atom. The highest BCUT2D eigenvalue weighted by Crippen LogP contribution is 2.43. The molecule has 34 heavy (non-hydrogen) atoms. The number of carbonyl (C=O) groups excluding carboxylic acids is 1. The number of amides is 1. The zero-order chi connectivity index (χ0) is 24.7. The van der Waals surface area contributed by atoms with Crippen molar-refractivity contribution < 1.29 is 17.9 Å². The average molecular weight is 483 g/mol. The van der Waals surface area contributed by atoms with E-state index in [0.717, 1.165) is 16.8 Å². The van der Waals surface area contributed by atoms with Gasteiger partial charge in [0.25, 0.3) is 10.0 Å². The van der Waals surface area contributed by atoms with E-state index in [-0.39, 0.29) is 22.6 Å².